The second-order valence-electron chi connectivity index (χ2n) is 12.6. The van der Waals surface area contributed by atoms with Crippen LogP contribution in [0.15, 0.2) is 97.5 Å². The summed E-state index contributed by atoms with van der Waals surface area (Å²) in [6, 6.07) is 15.2. The van der Waals surface area contributed by atoms with Crippen molar-refractivity contribution in [3.63, 3.8) is 0 Å². The van der Waals surface area contributed by atoms with Crippen LogP contribution in [0.3, 0.4) is 0 Å². The van der Waals surface area contributed by atoms with E-state index in [1.165, 1.54) is 48.5 Å². The Morgan fingerprint density at radius 1 is 0.667 bits per heavy atom. The molecule has 1 aromatic heterocycles. The van der Waals surface area contributed by atoms with Crippen molar-refractivity contribution in [1.82, 2.24) is 15.0 Å². The van der Waals surface area contributed by atoms with Crippen molar-refractivity contribution in [2.45, 2.75) is 46.8 Å². The van der Waals surface area contributed by atoms with Gasteiger partial charge < -0.3 is 21.8 Å². The van der Waals surface area contributed by atoms with Crippen LogP contribution < -0.4 is 28.0 Å². The van der Waals surface area contributed by atoms with Crippen LogP contribution in [0.25, 0.3) is 0 Å². The van der Waals surface area contributed by atoms with Crippen molar-refractivity contribution >= 4 is 70.4 Å². The standard InChI is InChI=1S/C35H34N8O11S3/c36-16-8-2-1-3-13-28-41-34(39-22-11-6-7-12-25(22)55(46,47)48)43-35(42-28)40-23-15-14-19(17-26(23)56(49,50)51)38-24-18-27(57(52,53)54)31(37)30-29(24)32(44)20-9-4-5-10-21(20)33(30)45/h4-7,9-12,14-15,17-18,38H,1-3,8,13,16,36-37H2,(H,46,47,48)(H,49,50,51)(H,52,53,54)(H2,39,40,41,42,43). The summed E-state index contributed by atoms with van der Waals surface area (Å²) >= 11 is 0. The number of benzene rings is 4. The van der Waals surface area contributed by atoms with E-state index in [-0.39, 0.29) is 50.7 Å². The SMILES string of the molecule is NCCCCCCc1nc(=Nc2ccccc2S(=O)(=O)O)[nH]c(=Nc2ccc(Nc3cc(S(=O)(=O)O)c(N)c4c3C(=O)c3ccccc3C4=O)cc2S(=O)(=O)O)[nH]1. The number of fused-ring (bicyclic) bond motifs is 2. The van der Waals surface area contributed by atoms with Crippen LogP contribution in [0.5, 0.6) is 0 Å². The molecule has 22 heteroatoms. The average Bonchev–Trinajstić information content (AvgIpc) is 3.13. The Hall–Kier alpha value is -5.88. The third-order valence-corrected chi connectivity index (χ3v) is 11.4. The van der Waals surface area contributed by atoms with Crippen LogP contribution in [0, 0.1) is 0 Å². The number of rotatable bonds is 13. The van der Waals surface area contributed by atoms with Gasteiger partial charge in [-0.15, -0.1) is 0 Å². The van der Waals surface area contributed by atoms with Crippen LogP contribution in [0.4, 0.5) is 28.4 Å². The number of H-pyrrole nitrogens is 2. The second-order valence-corrected chi connectivity index (χ2v) is 16.8. The molecule has 19 nitrogen and oxygen atoms in total. The first-order valence-corrected chi connectivity index (χ1v) is 21.3. The number of nitrogens with zero attached hydrogens (tertiary/aromatic N) is 3. The number of ketones is 2. The van der Waals surface area contributed by atoms with Crippen molar-refractivity contribution in [3.05, 3.63) is 112 Å². The first-order valence-electron chi connectivity index (χ1n) is 16.9. The van der Waals surface area contributed by atoms with Crippen molar-refractivity contribution in [1.29, 1.82) is 0 Å². The number of aromatic amines is 2. The molecule has 0 radical (unpaired) electrons. The highest BCUT2D eigenvalue weighted by molar-refractivity contribution is 7.86. The molecule has 0 spiro atoms. The fourth-order valence-corrected chi connectivity index (χ4v) is 8.06. The van der Waals surface area contributed by atoms with Crippen molar-refractivity contribution in [2.75, 3.05) is 17.6 Å². The fourth-order valence-electron chi connectivity index (χ4n) is 6.13. The molecule has 1 heterocycles. The van der Waals surface area contributed by atoms with Gasteiger partial charge in [-0.1, -0.05) is 49.2 Å². The molecule has 0 amide bonds. The molecule has 1 aliphatic carbocycles. The lowest BCUT2D eigenvalue weighted by atomic mass is 9.82. The van der Waals surface area contributed by atoms with E-state index < -0.39 is 67.9 Å². The predicted octanol–water partition coefficient (Wildman–Crippen LogP) is 3.11. The number of unbranched alkanes of at least 4 members (excludes halogenated alkanes) is 3. The summed E-state index contributed by atoms with van der Waals surface area (Å²) in [5.74, 6) is -1.22. The van der Waals surface area contributed by atoms with Gasteiger partial charge in [0.25, 0.3) is 30.4 Å². The maximum atomic E-state index is 13.7. The number of nitrogens with two attached hydrogens (primary N) is 2. The summed E-state index contributed by atoms with van der Waals surface area (Å²) in [5, 5.41) is 2.72. The van der Waals surface area contributed by atoms with E-state index >= 15 is 0 Å². The predicted molar refractivity (Wildman–Crippen MR) is 204 cm³/mol. The molecule has 0 unspecified atom stereocenters. The summed E-state index contributed by atoms with van der Waals surface area (Å²) in [6.07, 6.45) is 3.42. The van der Waals surface area contributed by atoms with Crippen LogP contribution >= 0.6 is 0 Å². The minimum Gasteiger partial charge on any atom is -0.397 e. The lowest BCUT2D eigenvalue weighted by Crippen LogP contribution is -2.29. The fraction of sp³-hybridized carbons (Fsp3) is 0.171. The highest BCUT2D eigenvalue weighted by Crippen LogP contribution is 2.40. The summed E-state index contributed by atoms with van der Waals surface area (Å²) in [5.41, 5.74) is 8.69. The Bertz CT molecular complexity index is 2940. The van der Waals surface area contributed by atoms with E-state index in [1.54, 1.807) is 0 Å². The Labute approximate surface area is 324 Å². The highest BCUT2D eigenvalue weighted by atomic mass is 32.2. The number of carbonyl (C=O) groups excluding carboxylic acids is 2. The van der Waals surface area contributed by atoms with Gasteiger partial charge in [0.15, 0.2) is 11.6 Å². The Morgan fingerprint density at radius 2 is 1.26 bits per heavy atom. The van der Waals surface area contributed by atoms with Gasteiger partial charge in [0.1, 0.15) is 20.5 Å². The lowest BCUT2D eigenvalue weighted by Gasteiger charge is -2.23. The summed E-state index contributed by atoms with van der Waals surface area (Å²) in [7, 11) is -14.8. The lowest BCUT2D eigenvalue weighted by molar-refractivity contribution is 0.0980. The van der Waals surface area contributed by atoms with E-state index in [9.17, 15) is 48.5 Å². The first kappa shape index (κ1) is 40.8. The van der Waals surface area contributed by atoms with Gasteiger partial charge in [0.2, 0.25) is 11.2 Å². The summed E-state index contributed by atoms with van der Waals surface area (Å²) in [4.78, 5) is 43.7. The molecular weight excluding hydrogens is 805 g/mol. The molecule has 0 saturated heterocycles. The maximum absolute atomic E-state index is 13.7. The van der Waals surface area contributed by atoms with Crippen molar-refractivity contribution in [2.24, 2.45) is 15.7 Å². The van der Waals surface area contributed by atoms with Gasteiger partial charge >= 0.3 is 0 Å². The van der Waals surface area contributed by atoms with Gasteiger partial charge in [-0.2, -0.15) is 30.2 Å². The average molecular weight is 839 g/mol. The molecule has 4 aromatic carbocycles. The molecule has 57 heavy (non-hydrogen) atoms. The van der Waals surface area contributed by atoms with E-state index in [1.807, 2.05) is 0 Å². The molecule has 0 atom stereocenters. The quantitative estimate of drug-likeness (QED) is 0.0471. The van der Waals surface area contributed by atoms with Crippen LogP contribution in [-0.2, 0) is 36.8 Å². The number of para-hydroxylation sites is 1. The van der Waals surface area contributed by atoms with Crippen molar-refractivity contribution in [3.8, 4) is 0 Å². The molecule has 0 saturated carbocycles. The second kappa shape index (κ2) is 15.9. The van der Waals surface area contributed by atoms with E-state index in [0.29, 0.717) is 25.2 Å². The Balaban J connectivity index is 1.49. The van der Waals surface area contributed by atoms with Crippen LogP contribution in [0.1, 0.15) is 63.4 Å². The molecule has 10 N–H and O–H groups in total. The monoisotopic (exact) mass is 838 g/mol. The van der Waals surface area contributed by atoms with Gasteiger partial charge in [0, 0.05) is 23.2 Å². The largest absolute Gasteiger partial charge is 0.397 e. The van der Waals surface area contributed by atoms with Gasteiger partial charge in [-0.05, 0) is 55.8 Å². The molecule has 0 bridgehead atoms. The molecule has 1 aliphatic rings. The third-order valence-electron chi connectivity index (χ3n) is 8.70. The van der Waals surface area contributed by atoms with E-state index in [4.69, 9.17) is 11.5 Å². The highest BCUT2D eigenvalue weighted by Gasteiger charge is 2.36. The molecule has 0 aliphatic heterocycles. The third kappa shape index (κ3) is 8.91. The number of hydrogen-bond acceptors (Lipinski definition) is 14. The number of aryl methyl sites for hydroxylation is 1. The van der Waals surface area contributed by atoms with Gasteiger partial charge in [-0.25, -0.2) is 9.98 Å². The molecule has 298 valence electrons. The van der Waals surface area contributed by atoms with Crippen molar-refractivity contribution < 1.29 is 48.5 Å². The Morgan fingerprint density at radius 3 is 1.91 bits per heavy atom. The number of hydrogen-bond donors (Lipinski definition) is 8. The number of carbonyl (C=O) groups is 2. The zero-order valence-electron chi connectivity index (χ0n) is 29.5. The normalized spacial score (nSPS) is 13.8. The van der Waals surface area contributed by atoms with Crippen LogP contribution in [-0.4, -0.2) is 72.0 Å². The number of nitrogens with one attached hydrogen (secondary N) is 3. The zero-order chi connectivity index (χ0) is 41.3. The smallest absolute Gasteiger partial charge is 0.296 e. The molecule has 0 fully saturated rings. The number of anilines is 3. The first-order chi connectivity index (χ1) is 26.9. The summed E-state index contributed by atoms with van der Waals surface area (Å²) in [6.45, 7) is 0.522. The topological polar surface area (TPSA) is 331 Å². The zero-order valence-corrected chi connectivity index (χ0v) is 31.9. The van der Waals surface area contributed by atoms with E-state index in [0.717, 1.165) is 43.5 Å². The number of nitrogen functional groups attached to an aromatic ring is 1. The minimum absolute atomic E-state index is 0.0165. The number of aromatic nitrogens is 3. The summed E-state index contributed by atoms with van der Waals surface area (Å²) < 4.78 is 104. The van der Waals surface area contributed by atoms with Crippen LogP contribution in [0.2, 0.25) is 0 Å². The van der Waals surface area contributed by atoms with Gasteiger partial charge in [-0.3, -0.25) is 28.2 Å². The molecular formula is C35H34N8O11S3. The van der Waals surface area contributed by atoms with Gasteiger partial charge in [0.05, 0.1) is 33.9 Å². The Kier molecular flexibility index (Phi) is 11.4. The minimum atomic E-state index is -5.08. The van der Waals surface area contributed by atoms with E-state index in [2.05, 4.69) is 30.3 Å². The molecule has 5 aromatic rings. The maximum Gasteiger partial charge on any atom is 0.296 e. The molecule has 6 rings (SSSR count).